The highest BCUT2D eigenvalue weighted by molar-refractivity contribution is 6.32. The molecule has 2 aromatic rings. The minimum Gasteiger partial charge on any atom is -0.487 e. The molecule has 1 N–H and O–H groups in total. The number of non-ortho nitro benzene ring substituents is 1. The monoisotopic (exact) mass is 311 g/mol. The number of hydrogen-bond acceptors (Lipinski definition) is 5. The van der Waals surface area contributed by atoms with Gasteiger partial charge in [0.25, 0.3) is 5.69 Å². The third-order valence-electron chi connectivity index (χ3n) is 2.74. The summed E-state index contributed by atoms with van der Waals surface area (Å²) >= 11 is 5.89. The van der Waals surface area contributed by atoms with Crippen LogP contribution in [0.4, 0.5) is 5.69 Å². The van der Waals surface area contributed by atoms with Gasteiger partial charge in [-0.3, -0.25) is 10.1 Å². The third-order valence-corrected chi connectivity index (χ3v) is 3.04. The third kappa shape index (κ3) is 3.32. The van der Waals surface area contributed by atoms with E-state index in [-0.39, 0.29) is 28.8 Å². The van der Waals surface area contributed by atoms with Gasteiger partial charge in [0.2, 0.25) is 5.76 Å². The first kappa shape index (κ1) is 14.9. The Bertz CT molecular complexity index is 709. The molecular formula is C13H10ClNO6. The molecule has 21 heavy (non-hydrogen) atoms. The highest BCUT2D eigenvalue weighted by Gasteiger charge is 2.15. The van der Waals surface area contributed by atoms with E-state index in [4.69, 9.17) is 25.9 Å². The van der Waals surface area contributed by atoms with Gasteiger partial charge < -0.3 is 14.3 Å². The lowest BCUT2D eigenvalue weighted by atomic mass is 10.2. The zero-order valence-electron chi connectivity index (χ0n) is 10.8. The molecule has 0 saturated heterocycles. The van der Waals surface area contributed by atoms with E-state index in [1.165, 1.54) is 24.3 Å². The van der Waals surface area contributed by atoms with E-state index >= 15 is 0 Å². The number of carbonyl (C=O) groups is 1. The number of nitrogens with zero attached hydrogens (tertiary/aromatic N) is 1. The fourth-order valence-electron chi connectivity index (χ4n) is 1.64. The van der Waals surface area contributed by atoms with Crippen LogP contribution in [0, 0.1) is 17.0 Å². The largest absolute Gasteiger partial charge is 0.487 e. The van der Waals surface area contributed by atoms with Crippen molar-refractivity contribution in [3.63, 3.8) is 0 Å². The smallest absolute Gasteiger partial charge is 0.371 e. The van der Waals surface area contributed by atoms with E-state index in [9.17, 15) is 14.9 Å². The summed E-state index contributed by atoms with van der Waals surface area (Å²) in [6.45, 7) is 1.66. The minimum absolute atomic E-state index is 0.0418. The summed E-state index contributed by atoms with van der Waals surface area (Å²) in [5.74, 6) is -0.663. The molecule has 1 aromatic heterocycles. The zero-order chi connectivity index (χ0) is 15.6. The van der Waals surface area contributed by atoms with Crippen LogP contribution in [0.5, 0.6) is 5.75 Å². The summed E-state index contributed by atoms with van der Waals surface area (Å²) < 4.78 is 10.5. The van der Waals surface area contributed by atoms with E-state index < -0.39 is 10.9 Å². The van der Waals surface area contributed by atoms with Crippen molar-refractivity contribution in [1.82, 2.24) is 0 Å². The molecule has 2 rings (SSSR count). The van der Waals surface area contributed by atoms with Gasteiger partial charge >= 0.3 is 5.97 Å². The zero-order valence-corrected chi connectivity index (χ0v) is 11.6. The van der Waals surface area contributed by atoms with Crippen molar-refractivity contribution in [1.29, 1.82) is 0 Å². The Morgan fingerprint density at radius 2 is 2.19 bits per heavy atom. The van der Waals surface area contributed by atoms with Crippen LogP contribution in [0.2, 0.25) is 5.02 Å². The van der Waals surface area contributed by atoms with Gasteiger partial charge in [0.1, 0.15) is 18.1 Å². The van der Waals surface area contributed by atoms with Crippen molar-refractivity contribution in [2.75, 3.05) is 0 Å². The predicted molar refractivity (Wildman–Crippen MR) is 72.8 cm³/mol. The molecule has 0 unspecified atom stereocenters. The number of nitro groups is 1. The maximum absolute atomic E-state index is 10.8. The maximum atomic E-state index is 10.8. The lowest BCUT2D eigenvalue weighted by Gasteiger charge is -2.06. The number of hydrogen-bond donors (Lipinski definition) is 1. The summed E-state index contributed by atoms with van der Waals surface area (Å²) in [5, 5.41) is 19.5. The van der Waals surface area contributed by atoms with Crippen LogP contribution >= 0.6 is 11.6 Å². The highest BCUT2D eigenvalue weighted by Crippen LogP contribution is 2.29. The normalized spacial score (nSPS) is 10.4. The number of halogens is 1. The Morgan fingerprint density at radius 1 is 1.48 bits per heavy atom. The molecule has 0 bridgehead atoms. The van der Waals surface area contributed by atoms with Crippen molar-refractivity contribution >= 4 is 23.3 Å². The first-order chi connectivity index (χ1) is 9.88. The summed E-state index contributed by atoms with van der Waals surface area (Å²) in [6.07, 6.45) is 0. The maximum Gasteiger partial charge on any atom is 0.371 e. The van der Waals surface area contributed by atoms with E-state index in [1.807, 2.05) is 0 Å². The Balaban J connectivity index is 2.13. The molecule has 0 amide bonds. The van der Waals surface area contributed by atoms with Crippen molar-refractivity contribution in [2.45, 2.75) is 13.5 Å². The molecule has 1 aromatic carbocycles. The lowest BCUT2D eigenvalue weighted by Crippen LogP contribution is -1.97. The van der Waals surface area contributed by atoms with Crippen LogP contribution in [0.15, 0.2) is 28.7 Å². The van der Waals surface area contributed by atoms with Gasteiger partial charge in [0.05, 0.1) is 9.95 Å². The molecule has 7 nitrogen and oxygen atoms in total. The first-order valence-electron chi connectivity index (χ1n) is 5.78. The standard InChI is InChI=1S/C13H10ClNO6/c1-7-8(4-12(21-7)13(16)17)6-20-11-3-2-9(15(18)19)5-10(11)14/h2-5H,6H2,1H3,(H,16,17). The van der Waals surface area contributed by atoms with Gasteiger partial charge in [-0.15, -0.1) is 0 Å². The molecule has 0 saturated carbocycles. The molecular weight excluding hydrogens is 302 g/mol. The topological polar surface area (TPSA) is 103 Å². The predicted octanol–water partition coefficient (Wildman–Crippen LogP) is 3.43. The molecule has 0 spiro atoms. The number of carboxylic acids is 1. The summed E-state index contributed by atoms with van der Waals surface area (Å²) in [5.41, 5.74) is 0.418. The summed E-state index contributed by atoms with van der Waals surface area (Å²) in [7, 11) is 0. The molecule has 0 fully saturated rings. The fourth-order valence-corrected chi connectivity index (χ4v) is 1.87. The first-order valence-corrected chi connectivity index (χ1v) is 6.15. The summed E-state index contributed by atoms with van der Waals surface area (Å²) in [6, 6.07) is 5.19. The number of furan rings is 1. The highest BCUT2D eigenvalue weighted by atomic mass is 35.5. The van der Waals surface area contributed by atoms with Crippen molar-refractivity contribution < 1.29 is 24.0 Å². The summed E-state index contributed by atoms with van der Waals surface area (Å²) in [4.78, 5) is 20.8. The Kier molecular flexibility index (Phi) is 4.13. The van der Waals surface area contributed by atoms with Gasteiger partial charge in [-0.05, 0) is 19.1 Å². The second-order valence-corrected chi connectivity index (χ2v) is 4.56. The molecule has 0 radical (unpaired) electrons. The Hall–Kier alpha value is -2.54. The van der Waals surface area contributed by atoms with Crippen LogP contribution in [0.1, 0.15) is 21.9 Å². The van der Waals surface area contributed by atoms with Crippen LogP contribution in [-0.2, 0) is 6.61 Å². The number of carboxylic acid groups (broad SMARTS) is 1. The van der Waals surface area contributed by atoms with Gasteiger partial charge in [0, 0.05) is 17.7 Å². The van der Waals surface area contributed by atoms with Gasteiger partial charge in [0.15, 0.2) is 0 Å². The fraction of sp³-hybridized carbons (Fsp3) is 0.154. The molecule has 1 heterocycles. The second kappa shape index (κ2) is 5.84. The molecule has 0 aliphatic carbocycles. The average Bonchev–Trinajstić information content (AvgIpc) is 2.79. The molecule has 0 atom stereocenters. The van der Waals surface area contributed by atoms with E-state index in [1.54, 1.807) is 6.92 Å². The average molecular weight is 312 g/mol. The number of aromatic carboxylic acids is 1. The van der Waals surface area contributed by atoms with Crippen LogP contribution in [0.25, 0.3) is 0 Å². The number of rotatable bonds is 5. The minimum atomic E-state index is -1.17. The number of ether oxygens (including phenoxy) is 1. The van der Waals surface area contributed by atoms with Crippen molar-refractivity contribution in [2.24, 2.45) is 0 Å². The van der Waals surface area contributed by atoms with Crippen molar-refractivity contribution in [3.05, 3.63) is 56.5 Å². The quantitative estimate of drug-likeness (QED) is 0.670. The number of benzene rings is 1. The molecule has 8 heteroatoms. The second-order valence-electron chi connectivity index (χ2n) is 4.16. The molecule has 0 aliphatic heterocycles. The number of nitro benzene ring substituents is 1. The molecule has 110 valence electrons. The van der Waals surface area contributed by atoms with Crippen molar-refractivity contribution in [3.8, 4) is 5.75 Å². The van der Waals surface area contributed by atoms with Gasteiger partial charge in [-0.2, -0.15) is 0 Å². The lowest BCUT2D eigenvalue weighted by molar-refractivity contribution is -0.384. The van der Waals surface area contributed by atoms with Crippen LogP contribution in [-0.4, -0.2) is 16.0 Å². The Morgan fingerprint density at radius 3 is 2.71 bits per heavy atom. The van der Waals surface area contributed by atoms with E-state index in [0.717, 1.165) is 0 Å². The number of aryl methyl sites for hydroxylation is 1. The van der Waals surface area contributed by atoms with E-state index in [2.05, 4.69) is 0 Å². The van der Waals surface area contributed by atoms with Gasteiger partial charge in [-0.25, -0.2) is 4.79 Å². The van der Waals surface area contributed by atoms with Crippen LogP contribution in [0.3, 0.4) is 0 Å². The van der Waals surface area contributed by atoms with E-state index in [0.29, 0.717) is 11.3 Å². The van der Waals surface area contributed by atoms with Gasteiger partial charge in [-0.1, -0.05) is 11.6 Å². The SMILES string of the molecule is Cc1oc(C(=O)O)cc1COc1ccc([N+](=O)[O-])cc1Cl. The van der Waals surface area contributed by atoms with Crippen LogP contribution < -0.4 is 4.74 Å². The molecule has 0 aliphatic rings. The Labute approximate surface area is 123 Å².